The minimum Gasteiger partial charge on any atom is -0.492 e. The molecule has 0 unspecified atom stereocenters. The Morgan fingerprint density at radius 1 is 1.42 bits per heavy atom. The standard InChI is InChI=1S/C22H25F2N3O4/c1-11(8-25)12-4-3-5-26(9-12)19-16(24)6-13-18(21(19)31-2)27(17-7-15(17)23)10-14(20(13)28)22(29)30/h6,10,15,17H,3-5,7-9,25H2,1-2H3,(H,29,30)/t15-,17+/m0/s1. The van der Waals surface area contributed by atoms with Crippen molar-refractivity contribution in [3.63, 3.8) is 0 Å². The molecule has 1 aliphatic heterocycles. The Morgan fingerprint density at radius 2 is 2.13 bits per heavy atom. The van der Waals surface area contributed by atoms with Crippen LogP contribution in [0.25, 0.3) is 10.9 Å². The van der Waals surface area contributed by atoms with Crippen LogP contribution in [0.3, 0.4) is 0 Å². The van der Waals surface area contributed by atoms with Crippen LogP contribution >= 0.6 is 0 Å². The Labute approximate surface area is 177 Å². The summed E-state index contributed by atoms with van der Waals surface area (Å²) in [5, 5.41) is 9.28. The molecule has 3 N–H and O–H groups in total. The van der Waals surface area contributed by atoms with E-state index < -0.39 is 35.0 Å². The topological polar surface area (TPSA) is 97.8 Å². The second-order valence-corrected chi connectivity index (χ2v) is 8.15. The Morgan fingerprint density at radius 3 is 2.71 bits per heavy atom. The number of aromatic carboxylic acids is 1. The van der Waals surface area contributed by atoms with E-state index in [-0.39, 0.29) is 28.8 Å². The average Bonchev–Trinajstić information content (AvgIpc) is 3.48. The third-order valence-electron chi connectivity index (χ3n) is 6.19. The number of alkyl halides is 1. The molecule has 166 valence electrons. The quantitative estimate of drug-likeness (QED) is 0.704. The van der Waals surface area contributed by atoms with Crippen LogP contribution in [0, 0.1) is 5.82 Å². The van der Waals surface area contributed by atoms with E-state index in [1.54, 1.807) is 0 Å². The van der Waals surface area contributed by atoms with Gasteiger partial charge in [0.1, 0.15) is 17.4 Å². The third-order valence-corrected chi connectivity index (χ3v) is 6.19. The molecule has 4 rings (SSSR count). The first-order valence-electron chi connectivity index (χ1n) is 10.2. The fourth-order valence-corrected chi connectivity index (χ4v) is 4.34. The Kier molecular flexibility index (Phi) is 5.47. The number of aromatic nitrogens is 1. The summed E-state index contributed by atoms with van der Waals surface area (Å²) in [5.41, 5.74) is 7.00. The number of methoxy groups -OCH3 is 1. The second kappa shape index (κ2) is 7.96. The maximum Gasteiger partial charge on any atom is 0.341 e. The number of nitrogens with zero attached hydrogens (tertiary/aromatic N) is 2. The van der Waals surface area contributed by atoms with Crippen LogP contribution in [0.2, 0.25) is 0 Å². The van der Waals surface area contributed by atoms with Crippen LogP contribution < -0.4 is 20.8 Å². The van der Waals surface area contributed by atoms with Crippen LogP contribution in [0.15, 0.2) is 28.2 Å². The van der Waals surface area contributed by atoms with Gasteiger partial charge in [-0.15, -0.1) is 0 Å². The molecule has 1 saturated heterocycles. The van der Waals surface area contributed by atoms with Crippen molar-refractivity contribution >= 4 is 22.6 Å². The van der Waals surface area contributed by atoms with Gasteiger partial charge in [0.2, 0.25) is 5.43 Å². The van der Waals surface area contributed by atoms with Crippen molar-refractivity contribution < 1.29 is 23.4 Å². The maximum absolute atomic E-state index is 15.4. The van der Waals surface area contributed by atoms with Crippen molar-refractivity contribution in [3.8, 4) is 5.75 Å². The zero-order chi connectivity index (χ0) is 22.4. The van der Waals surface area contributed by atoms with E-state index in [9.17, 15) is 19.1 Å². The highest BCUT2D eigenvalue weighted by Crippen LogP contribution is 2.45. The summed E-state index contributed by atoms with van der Waals surface area (Å²) >= 11 is 0. The highest BCUT2D eigenvalue weighted by Gasteiger charge is 2.41. The molecule has 0 bridgehead atoms. The largest absolute Gasteiger partial charge is 0.492 e. The number of anilines is 1. The van der Waals surface area contributed by atoms with E-state index in [2.05, 4.69) is 0 Å². The number of benzene rings is 1. The smallest absolute Gasteiger partial charge is 0.341 e. The lowest BCUT2D eigenvalue weighted by atomic mass is 9.98. The number of ether oxygens (including phenoxy) is 1. The normalized spacial score (nSPS) is 22.5. The van der Waals surface area contributed by atoms with Crippen LogP contribution in [-0.4, -0.2) is 48.6 Å². The van der Waals surface area contributed by atoms with E-state index in [0.717, 1.165) is 36.3 Å². The van der Waals surface area contributed by atoms with Crippen molar-refractivity contribution in [2.45, 2.75) is 38.4 Å². The lowest BCUT2D eigenvalue weighted by Gasteiger charge is -2.33. The zero-order valence-electron chi connectivity index (χ0n) is 17.5. The summed E-state index contributed by atoms with van der Waals surface area (Å²) in [4.78, 5) is 26.2. The van der Waals surface area contributed by atoms with E-state index in [1.807, 2.05) is 11.8 Å². The van der Waals surface area contributed by atoms with Gasteiger partial charge in [-0.1, -0.05) is 11.1 Å². The van der Waals surface area contributed by atoms with Gasteiger partial charge in [0.05, 0.1) is 24.1 Å². The molecule has 1 aromatic carbocycles. The average molecular weight is 433 g/mol. The van der Waals surface area contributed by atoms with Gasteiger partial charge in [0.15, 0.2) is 11.6 Å². The molecule has 1 aliphatic carbocycles. The lowest BCUT2D eigenvalue weighted by molar-refractivity contribution is 0.0694. The minimum atomic E-state index is -1.44. The minimum absolute atomic E-state index is 0.106. The van der Waals surface area contributed by atoms with Gasteiger partial charge in [-0.3, -0.25) is 4.79 Å². The number of hydrogen-bond donors (Lipinski definition) is 2. The van der Waals surface area contributed by atoms with Gasteiger partial charge >= 0.3 is 5.97 Å². The summed E-state index contributed by atoms with van der Waals surface area (Å²) < 4.78 is 36.3. The number of halogens is 2. The first-order chi connectivity index (χ1) is 14.8. The molecule has 31 heavy (non-hydrogen) atoms. The predicted octanol–water partition coefficient (Wildman–Crippen LogP) is 3.01. The molecule has 2 heterocycles. The number of fused-ring (bicyclic) bond motifs is 1. The van der Waals surface area contributed by atoms with E-state index in [1.165, 1.54) is 11.7 Å². The van der Waals surface area contributed by atoms with Gasteiger partial charge in [0, 0.05) is 32.3 Å². The first kappa shape index (κ1) is 21.3. The summed E-state index contributed by atoms with van der Waals surface area (Å²) in [6, 6.07) is 0.423. The van der Waals surface area contributed by atoms with E-state index in [0.29, 0.717) is 19.6 Å². The van der Waals surface area contributed by atoms with Crippen LogP contribution in [-0.2, 0) is 0 Å². The lowest BCUT2D eigenvalue weighted by Crippen LogP contribution is -2.33. The van der Waals surface area contributed by atoms with Gasteiger partial charge in [-0.2, -0.15) is 0 Å². The zero-order valence-corrected chi connectivity index (χ0v) is 17.5. The molecule has 0 spiro atoms. The number of nitrogens with two attached hydrogens (primary N) is 1. The van der Waals surface area contributed by atoms with Crippen molar-refractivity contribution in [2.24, 2.45) is 5.73 Å². The Hall–Kier alpha value is -2.94. The molecule has 9 heteroatoms. The summed E-state index contributed by atoms with van der Waals surface area (Å²) in [6.45, 7) is 3.41. The first-order valence-corrected chi connectivity index (χ1v) is 10.2. The number of carbonyl (C=O) groups is 1. The van der Waals surface area contributed by atoms with Crippen LogP contribution in [0.1, 0.15) is 42.6 Å². The van der Waals surface area contributed by atoms with Gasteiger partial charge in [0.25, 0.3) is 0 Å². The molecule has 0 amide bonds. The van der Waals surface area contributed by atoms with E-state index in [4.69, 9.17) is 10.5 Å². The van der Waals surface area contributed by atoms with Gasteiger partial charge in [-0.25, -0.2) is 13.6 Å². The molecular formula is C22H25F2N3O4. The monoisotopic (exact) mass is 433 g/mol. The van der Waals surface area contributed by atoms with Crippen LogP contribution in [0.5, 0.6) is 5.75 Å². The fraction of sp³-hybridized carbons (Fsp3) is 0.455. The number of rotatable bonds is 5. The Balaban J connectivity index is 1.98. The number of piperidine rings is 1. The summed E-state index contributed by atoms with van der Waals surface area (Å²) in [7, 11) is 1.36. The molecule has 1 saturated carbocycles. The number of hydrogen-bond acceptors (Lipinski definition) is 5. The number of pyridine rings is 1. The fourth-order valence-electron chi connectivity index (χ4n) is 4.34. The molecule has 2 aliphatic rings. The summed E-state index contributed by atoms with van der Waals surface area (Å²) in [6.07, 6.45) is 1.84. The maximum atomic E-state index is 15.4. The van der Waals surface area contributed by atoms with Gasteiger partial charge < -0.3 is 25.0 Å². The highest BCUT2D eigenvalue weighted by atomic mass is 19.1. The molecule has 0 radical (unpaired) electrons. The van der Waals surface area contributed by atoms with Crippen LogP contribution in [0.4, 0.5) is 14.5 Å². The van der Waals surface area contributed by atoms with E-state index >= 15 is 4.39 Å². The predicted molar refractivity (Wildman–Crippen MR) is 113 cm³/mol. The van der Waals surface area contributed by atoms with Crippen molar-refractivity contribution in [1.82, 2.24) is 4.57 Å². The summed E-state index contributed by atoms with van der Waals surface area (Å²) in [5.74, 6) is -2.02. The molecule has 1 aromatic heterocycles. The third kappa shape index (κ3) is 3.56. The number of carboxylic acid groups (broad SMARTS) is 1. The van der Waals surface area contributed by atoms with Crippen molar-refractivity contribution in [1.29, 1.82) is 0 Å². The molecule has 2 atom stereocenters. The molecule has 2 fully saturated rings. The number of carboxylic acids is 1. The highest BCUT2D eigenvalue weighted by molar-refractivity contribution is 5.97. The Bertz CT molecular complexity index is 1160. The SMILES string of the molecule is COc1c(N2CCCC(=C(C)CN)C2)c(F)cc2c(=O)c(C(=O)O)cn([C@@H]3C[C@@H]3F)c12. The van der Waals surface area contributed by atoms with Crippen molar-refractivity contribution in [2.75, 3.05) is 31.6 Å². The molecule has 2 aromatic rings. The van der Waals surface area contributed by atoms with Gasteiger partial charge in [-0.05, 0) is 25.8 Å². The second-order valence-electron chi connectivity index (χ2n) is 8.15. The molecular weight excluding hydrogens is 408 g/mol. The van der Waals surface area contributed by atoms with Crippen molar-refractivity contribution in [3.05, 3.63) is 45.0 Å². The molecule has 7 nitrogen and oxygen atoms in total.